The SMILES string of the molecule is CCc1cccc2c(/C=C3\NC(=S)N(C)C3=O)cn(CC(=O)N3CCCC[C@@H]3C)c12. The van der Waals surface area contributed by atoms with E-state index in [1.54, 1.807) is 7.05 Å². The Morgan fingerprint density at radius 3 is 2.80 bits per heavy atom. The Hall–Kier alpha value is -2.67. The maximum atomic E-state index is 13.1. The number of aryl methyl sites for hydroxylation is 1. The Bertz CT molecular complexity index is 1050. The number of para-hydroxylation sites is 1. The molecule has 4 rings (SSSR count). The average molecular weight is 425 g/mol. The number of piperidine rings is 1. The lowest BCUT2D eigenvalue weighted by Crippen LogP contribution is -2.43. The molecule has 0 radical (unpaired) electrons. The van der Waals surface area contributed by atoms with Crippen LogP contribution in [0.4, 0.5) is 0 Å². The second-order valence-corrected chi connectivity index (χ2v) is 8.55. The summed E-state index contributed by atoms with van der Waals surface area (Å²) in [7, 11) is 1.66. The van der Waals surface area contributed by atoms with Crippen LogP contribution in [0.2, 0.25) is 0 Å². The van der Waals surface area contributed by atoms with E-state index >= 15 is 0 Å². The predicted octanol–water partition coefficient (Wildman–Crippen LogP) is 3.29. The lowest BCUT2D eigenvalue weighted by atomic mass is 10.0. The monoisotopic (exact) mass is 424 g/mol. The minimum atomic E-state index is -0.147. The fourth-order valence-corrected chi connectivity index (χ4v) is 4.67. The molecule has 30 heavy (non-hydrogen) atoms. The van der Waals surface area contributed by atoms with Gasteiger partial charge in [0.25, 0.3) is 5.91 Å². The molecule has 2 fully saturated rings. The zero-order valence-electron chi connectivity index (χ0n) is 17.8. The molecule has 7 heteroatoms. The van der Waals surface area contributed by atoms with Crippen molar-refractivity contribution in [2.24, 2.45) is 0 Å². The molecule has 2 saturated heterocycles. The fraction of sp³-hybridized carbons (Fsp3) is 0.435. The fourth-order valence-electron chi connectivity index (χ4n) is 4.47. The summed E-state index contributed by atoms with van der Waals surface area (Å²) < 4.78 is 2.05. The van der Waals surface area contributed by atoms with Gasteiger partial charge in [-0.15, -0.1) is 0 Å². The molecule has 2 amide bonds. The molecule has 2 aliphatic rings. The first kappa shape index (κ1) is 20.6. The summed E-state index contributed by atoms with van der Waals surface area (Å²) in [5, 5.41) is 4.43. The Balaban J connectivity index is 1.74. The highest BCUT2D eigenvalue weighted by molar-refractivity contribution is 7.80. The number of likely N-dealkylation sites (tertiary alicyclic amines) is 1. The standard InChI is InChI=1S/C23H28N4O2S/c1-4-16-9-7-10-18-17(12-19-22(29)25(3)23(30)24-19)13-26(21(16)18)14-20(28)27-11-6-5-8-15(27)2/h7,9-10,12-13,15H,4-6,8,11,14H2,1-3H3,(H,24,30)/b19-12-/t15-/m0/s1. The van der Waals surface area contributed by atoms with Crippen molar-refractivity contribution in [1.29, 1.82) is 0 Å². The van der Waals surface area contributed by atoms with Gasteiger partial charge in [-0.1, -0.05) is 25.1 Å². The number of rotatable bonds is 4. The van der Waals surface area contributed by atoms with Gasteiger partial charge >= 0.3 is 0 Å². The van der Waals surface area contributed by atoms with Gasteiger partial charge < -0.3 is 14.8 Å². The molecule has 0 aliphatic carbocycles. The molecule has 2 aromatic rings. The molecule has 1 atom stereocenters. The minimum absolute atomic E-state index is 0.147. The maximum Gasteiger partial charge on any atom is 0.276 e. The molecule has 6 nitrogen and oxygen atoms in total. The van der Waals surface area contributed by atoms with Crippen molar-refractivity contribution in [3.8, 4) is 0 Å². The van der Waals surface area contributed by atoms with Crippen molar-refractivity contribution in [3.63, 3.8) is 0 Å². The van der Waals surface area contributed by atoms with Gasteiger partial charge in [-0.3, -0.25) is 14.5 Å². The summed E-state index contributed by atoms with van der Waals surface area (Å²) in [6.07, 6.45) is 8.02. The van der Waals surface area contributed by atoms with Gasteiger partial charge in [0.2, 0.25) is 5.91 Å². The molecular weight excluding hydrogens is 396 g/mol. The van der Waals surface area contributed by atoms with Gasteiger partial charge in [0, 0.05) is 36.8 Å². The number of carbonyl (C=O) groups is 2. The number of hydrogen-bond acceptors (Lipinski definition) is 3. The van der Waals surface area contributed by atoms with Gasteiger partial charge in [0.05, 0.1) is 5.52 Å². The minimum Gasteiger partial charge on any atom is -0.338 e. The summed E-state index contributed by atoms with van der Waals surface area (Å²) >= 11 is 5.19. The van der Waals surface area contributed by atoms with E-state index in [9.17, 15) is 9.59 Å². The number of benzene rings is 1. The van der Waals surface area contributed by atoms with Crippen LogP contribution in [-0.2, 0) is 22.6 Å². The molecular formula is C23H28N4O2S. The van der Waals surface area contributed by atoms with Crippen LogP contribution in [0.15, 0.2) is 30.1 Å². The first-order valence-electron chi connectivity index (χ1n) is 10.6. The maximum absolute atomic E-state index is 13.1. The van der Waals surface area contributed by atoms with Crippen LogP contribution in [-0.4, -0.2) is 50.9 Å². The number of fused-ring (bicyclic) bond motifs is 1. The molecule has 2 aliphatic heterocycles. The zero-order chi connectivity index (χ0) is 21.4. The first-order valence-corrected chi connectivity index (χ1v) is 11.0. The quantitative estimate of drug-likeness (QED) is 0.604. The van der Waals surface area contributed by atoms with Crippen LogP contribution in [0.1, 0.15) is 44.2 Å². The largest absolute Gasteiger partial charge is 0.338 e. The topological polar surface area (TPSA) is 57.6 Å². The van der Waals surface area contributed by atoms with Crippen LogP contribution in [0.25, 0.3) is 17.0 Å². The van der Waals surface area contributed by atoms with E-state index in [0.717, 1.165) is 42.3 Å². The van der Waals surface area contributed by atoms with Gasteiger partial charge in [-0.25, -0.2) is 0 Å². The van der Waals surface area contributed by atoms with Crippen molar-refractivity contribution in [1.82, 2.24) is 19.7 Å². The molecule has 0 spiro atoms. The third-order valence-electron chi connectivity index (χ3n) is 6.20. The molecule has 3 heterocycles. The van der Waals surface area contributed by atoms with Crippen LogP contribution in [0, 0.1) is 0 Å². The van der Waals surface area contributed by atoms with Gasteiger partial charge in [0.15, 0.2) is 5.11 Å². The molecule has 0 bridgehead atoms. The molecule has 1 N–H and O–H groups in total. The summed E-state index contributed by atoms with van der Waals surface area (Å²) in [6.45, 7) is 5.39. The van der Waals surface area contributed by atoms with Crippen molar-refractivity contribution < 1.29 is 9.59 Å². The summed E-state index contributed by atoms with van der Waals surface area (Å²) in [5.41, 5.74) is 3.62. The molecule has 1 aromatic heterocycles. The Labute approximate surface area is 182 Å². The molecule has 1 aromatic carbocycles. The summed E-state index contributed by atoms with van der Waals surface area (Å²) in [6, 6.07) is 6.47. The number of likely N-dealkylation sites (N-methyl/N-ethyl adjacent to an activating group) is 1. The van der Waals surface area contributed by atoms with Gasteiger partial charge in [0.1, 0.15) is 12.2 Å². The highest BCUT2D eigenvalue weighted by Gasteiger charge is 2.28. The number of hydrogen-bond donors (Lipinski definition) is 1. The Kier molecular flexibility index (Phi) is 5.64. The number of aromatic nitrogens is 1. The Morgan fingerprint density at radius 1 is 1.33 bits per heavy atom. The third kappa shape index (κ3) is 3.62. The van der Waals surface area contributed by atoms with Crippen molar-refractivity contribution in [3.05, 3.63) is 41.2 Å². The van der Waals surface area contributed by atoms with Crippen LogP contribution >= 0.6 is 12.2 Å². The van der Waals surface area contributed by atoms with Crippen LogP contribution < -0.4 is 5.32 Å². The van der Waals surface area contributed by atoms with E-state index in [2.05, 4.69) is 25.2 Å². The second kappa shape index (κ2) is 8.22. The van der Waals surface area contributed by atoms with Gasteiger partial charge in [-0.05, 0) is 56.5 Å². The van der Waals surface area contributed by atoms with Crippen molar-refractivity contribution in [2.45, 2.75) is 52.1 Å². The summed E-state index contributed by atoms with van der Waals surface area (Å²) in [5.74, 6) is 0.00551. The smallest absolute Gasteiger partial charge is 0.276 e. The highest BCUT2D eigenvalue weighted by Crippen LogP contribution is 2.28. The number of carbonyl (C=O) groups excluding carboxylic acids is 2. The lowest BCUT2D eigenvalue weighted by Gasteiger charge is -2.33. The normalized spacial score (nSPS) is 21.0. The average Bonchev–Trinajstić information content (AvgIpc) is 3.20. The highest BCUT2D eigenvalue weighted by atomic mass is 32.1. The van der Waals surface area contributed by atoms with Crippen LogP contribution in [0.5, 0.6) is 0 Å². The van der Waals surface area contributed by atoms with E-state index in [1.807, 2.05) is 33.9 Å². The van der Waals surface area contributed by atoms with E-state index in [-0.39, 0.29) is 17.9 Å². The van der Waals surface area contributed by atoms with Gasteiger partial charge in [-0.2, -0.15) is 0 Å². The first-order chi connectivity index (χ1) is 14.4. The predicted molar refractivity (Wildman–Crippen MR) is 123 cm³/mol. The van der Waals surface area contributed by atoms with E-state index in [0.29, 0.717) is 17.4 Å². The number of nitrogens with zero attached hydrogens (tertiary/aromatic N) is 3. The number of nitrogens with one attached hydrogen (secondary N) is 1. The molecule has 0 unspecified atom stereocenters. The second-order valence-electron chi connectivity index (χ2n) is 8.16. The molecule has 0 saturated carbocycles. The third-order valence-corrected chi connectivity index (χ3v) is 6.58. The number of thiocarbonyl (C=S) groups is 1. The van der Waals surface area contributed by atoms with E-state index in [4.69, 9.17) is 12.2 Å². The summed E-state index contributed by atoms with van der Waals surface area (Å²) in [4.78, 5) is 29.0. The lowest BCUT2D eigenvalue weighted by molar-refractivity contribution is -0.135. The van der Waals surface area contributed by atoms with Crippen molar-refractivity contribution in [2.75, 3.05) is 13.6 Å². The van der Waals surface area contributed by atoms with E-state index in [1.165, 1.54) is 16.9 Å². The molecule has 158 valence electrons. The van der Waals surface area contributed by atoms with E-state index < -0.39 is 0 Å². The van der Waals surface area contributed by atoms with Crippen LogP contribution in [0.3, 0.4) is 0 Å². The Morgan fingerprint density at radius 2 is 2.13 bits per heavy atom. The zero-order valence-corrected chi connectivity index (χ0v) is 18.6. The van der Waals surface area contributed by atoms with Crippen molar-refractivity contribution >= 4 is 46.1 Å². The number of amides is 2.